The number of nitrogens with zero attached hydrogens (tertiary/aromatic N) is 1. The Bertz CT molecular complexity index is 1130. The number of alkyl halides is 6. The van der Waals surface area contributed by atoms with Crippen LogP contribution in [0.5, 0.6) is 0 Å². The van der Waals surface area contributed by atoms with E-state index < -0.39 is 47.7 Å². The van der Waals surface area contributed by atoms with Crippen molar-refractivity contribution >= 4 is 47.3 Å². The summed E-state index contributed by atoms with van der Waals surface area (Å²) in [5, 5.41) is 14.3. The van der Waals surface area contributed by atoms with E-state index in [-0.39, 0.29) is 24.4 Å². The van der Waals surface area contributed by atoms with E-state index in [1.165, 1.54) is 0 Å². The van der Waals surface area contributed by atoms with Crippen molar-refractivity contribution in [2.24, 2.45) is 0 Å². The monoisotopic (exact) mass is 655 g/mol. The van der Waals surface area contributed by atoms with Gasteiger partial charge in [0.1, 0.15) is 18.7 Å². The third kappa shape index (κ3) is 17.1. The number of rotatable bonds is 16. The number of halogens is 6. The Balaban J connectivity index is 0.00000123. The molecule has 0 saturated heterocycles. The molecule has 1 atom stereocenters. The molecule has 9 nitrogen and oxygen atoms in total. The number of thioether (sulfide) groups is 1. The van der Waals surface area contributed by atoms with E-state index in [9.17, 15) is 45.5 Å². The van der Waals surface area contributed by atoms with Crippen molar-refractivity contribution in [2.45, 2.75) is 69.8 Å². The molecule has 1 aromatic rings. The third-order valence-electron chi connectivity index (χ3n) is 6.12. The Hall–Kier alpha value is -3.27. The predicted octanol–water partition coefficient (Wildman–Crippen LogP) is 2.85. The molecule has 0 saturated carbocycles. The first kappa shape index (κ1) is 38.8. The fraction of sp³-hybridized carbons (Fsp3) is 0.571. The molecule has 1 aliphatic rings. The molecule has 0 fully saturated rings. The smallest absolute Gasteiger partial charge is 0.450 e. The second-order valence-corrected chi connectivity index (χ2v) is 10.8. The van der Waals surface area contributed by atoms with Gasteiger partial charge in [0.05, 0.1) is 18.3 Å². The zero-order chi connectivity index (χ0) is 33.2. The van der Waals surface area contributed by atoms with E-state index in [4.69, 9.17) is 9.90 Å². The Morgan fingerprint density at radius 1 is 0.932 bits per heavy atom. The molecule has 0 bridgehead atoms. The number of carbonyl (C=O) groups excluding carboxylic acids is 5. The number of nitrogens with one attached hydrogen (secondary N) is 2. The van der Waals surface area contributed by atoms with Crippen LogP contribution in [0, 0.1) is 0 Å². The molecule has 0 aliphatic carbocycles. The summed E-state index contributed by atoms with van der Waals surface area (Å²) in [5.41, 5.74) is 0.573. The standard InChI is InChI=1S/C26H34F3N3O4S.C2HF3O2/c27-26(28,29)23(34)19-37-18-8-11-21(30-14-17-32-15-5-2-6-16-32)25(36)31-24(35)13-7-12-22(33)20-9-3-1-4-10-20;3-2(4,5)1(6)7/h1,3-4,9-10,15,21,30H,2,5-8,11-14,16-19H2;(H,6,7)/t21-;/m0./s1. The second kappa shape index (κ2) is 19.9. The SMILES string of the molecule is O=C(CCCC(=O)c1ccccc1)NC(=O)[C@H](CCCSCC(=O)C(F)(F)F)NCC[N+]1=CCCCC1.O=C([O-])C(F)(F)F. The van der Waals surface area contributed by atoms with Gasteiger partial charge < -0.3 is 9.90 Å². The highest BCUT2D eigenvalue weighted by atomic mass is 32.2. The minimum atomic E-state index is -5.19. The van der Waals surface area contributed by atoms with Crippen LogP contribution in [0.15, 0.2) is 30.3 Å². The molecule has 2 rings (SSSR count). The topological polar surface area (TPSA) is 135 Å². The lowest BCUT2D eigenvalue weighted by Crippen LogP contribution is -2.47. The average Bonchev–Trinajstić information content (AvgIpc) is 2.96. The number of carboxylic acid groups (broad SMARTS) is 1. The maximum atomic E-state index is 12.8. The number of aliphatic carboxylic acids is 1. The minimum Gasteiger partial charge on any atom is -0.542 e. The van der Waals surface area contributed by atoms with Gasteiger partial charge in [0.2, 0.25) is 17.6 Å². The van der Waals surface area contributed by atoms with Gasteiger partial charge in [-0.3, -0.25) is 29.8 Å². The van der Waals surface area contributed by atoms with Crippen molar-refractivity contribution in [3.05, 3.63) is 35.9 Å². The molecule has 1 aliphatic heterocycles. The lowest BCUT2D eigenvalue weighted by atomic mass is 10.1. The number of Topliss-reactive ketones (excluding diaryl/α,β-unsaturated/α-hetero) is 2. The van der Waals surface area contributed by atoms with Crippen LogP contribution in [0.2, 0.25) is 0 Å². The van der Waals surface area contributed by atoms with Crippen LogP contribution in [0.3, 0.4) is 0 Å². The molecule has 0 aromatic heterocycles. The molecule has 0 unspecified atom stereocenters. The third-order valence-corrected chi connectivity index (χ3v) is 7.16. The first-order valence-electron chi connectivity index (χ1n) is 13.8. The molecular formula is C28H35F6N3O6S. The first-order valence-corrected chi connectivity index (χ1v) is 15.0. The average molecular weight is 656 g/mol. The van der Waals surface area contributed by atoms with Gasteiger partial charge in [0.25, 0.3) is 0 Å². The molecule has 44 heavy (non-hydrogen) atoms. The summed E-state index contributed by atoms with van der Waals surface area (Å²) in [5.74, 6) is -6.21. The van der Waals surface area contributed by atoms with Crippen LogP contribution in [0.25, 0.3) is 0 Å². The van der Waals surface area contributed by atoms with Crippen molar-refractivity contribution in [1.82, 2.24) is 10.6 Å². The maximum absolute atomic E-state index is 12.8. The van der Waals surface area contributed by atoms with Gasteiger partial charge in [-0.15, -0.1) is 0 Å². The Morgan fingerprint density at radius 3 is 2.16 bits per heavy atom. The number of hydrogen-bond donors (Lipinski definition) is 2. The first-order chi connectivity index (χ1) is 20.6. The molecular weight excluding hydrogens is 620 g/mol. The Morgan fingerprint density at radius 2 is 1.59 bits per heavy atom. The van der Waals surface area contributed by atoms with Gasteiger partial charge in [0, 0.05) is 31.2 Å². The van der Waals surface area contributed by atoms with Crippen molar-refractivity contribution in [1.29, 1.82) is 0 Å². The summed E-state index contributed by atoms with van der Waals surface area (Å²) < 4.78 is 70.8. The number of benzene rings is 1. The van der Waals surface area contributed by atoms with Gasteiger partial charge in [-0.2, -0.15) is 38.1 Å². The van der Waals surface area contributed by atoms with Crippen molar-refractivity contribution in [3.8, 4) is 0 Å². The Kier molecular flexibility index (Phi) is 17.5. The van der Waals surface area contributed by atoms with Crippen molar-refractivity contribution in [3.63, 3.8) is 0 Å². The summed E-state index contributed by atoms with van der Waals surface area (Å²) in [4.78, 5) is 57.0. The van der Waals surface area contributed by atoms with Crippen LogP contribution in [-0.2, 0) is 19.2 Å². The summed E-state index contributed by atoms with van der Waals surface area (Å²) in [6.07, 6.45) is -3.40. The van der Waals surface area contributed by atoms with Gasteiger partial charge in [-0.25, -0.2) is 4.58 Å². The van der Waals surface area contributed by atoms with Crippen LogP contribution in [0.4, 0.5) is 26.3 Å². The van der Waals surface area contributed by atoms with Gasteiger partial charge in [0.15, 0.2) is 12.3 Å². The number of hydrogen-bond acceptors (Lipinski definition) is 8. The molecule has 2 N–H and O–H groups in total. The van der Waals surface area contributed by atoms with Gasteiger partial charge in [-0.1, -0.05) is 30.3 Å². The molecule has 1 heterocycles. The molecule has 2 amide bonds. The quantitative estimate of drug-likeness (QED) is 0.120. The van der Waals surface area contributed by atoms with Crippen molar-refractivity contribution in [2.75, 3.05) is 31.1 Å². The molecule has 0 spiro atoms. The Labute approximate surface area is 254 Å². The van der Waals surface area contributed by atoms with E-state index >= 15 is 0 Å². The van der Waals surface area contributed by atoms with Crippen LogP contribution < -0.4 is 15.7 Å². The summed E-state index contributed by atoms with van der Waals surface area (Å²) in [7, 11) is 0. The molecule has 246 valence electrons. The van der Waals surface area contributed by atoms with E-state index in [1.807, 2.05) is 6.07 Å². The van der Waals surface area contributed by atoms with Gasteiger partial charge >= 0.3 is 12.4 Å². The molecule has 16 heteroatoms. The number of imide groups is 1. The highest BCUT2D eigenvalue weighted by molar-refractivity contribution is 7.99. The van der Waals surface area contributed by atoms with Crippen molar-refractivity contribution < 1.29 is 60.0 Å². The zero-order valence-electron chi connectivity index (χ0n) is 23.8. The summed E-state index contributed by atoms with van der Waals surface area (Å²) >= 11 is 0.873. The van der Waals surface area contributed by atoms with E-state index in [1.54, 1.807) is 24.3 Å². The predicted molar refractivity (Wildman–Crippen MR) is 148 cm³/mol. The summed E-state index contributed by atoms with van der Waals surface area (Å²) in [6, 6.07) is 8.07. The largest absolute Gasteiger partial charge is 0.542 e. The second-order valence-electron chi connectivity index (χ2n) is 9.68. The van der Waals surface area contributed by atoms with Crippen LogP contribution in [-0.4, -0.2) is 89.7 Å². The van der Waals surface area contributed by atoms with E-state index in [2.05, 4.69) is 21.4 Å². The fourth-order valence-corrected chi connectivity index (χ4v) is 4.70. The maximum Gasteiger partial charge on any atom is 0.450 e. The lowest BCUT2D eigenvalue weighted by molar-refractivity contribution is -0.526. The normalized spacial score (nSPS) is 14.0. The van der Waals surface area contributed by atoms with Gasteiger partial charge in [-0.05, 0) is 31.4 Å². The number of ketones is 2. The fourth-order valence-electron chi connectivity index (χ4n) is 3.84. The molecule has 0 radical (unpaired) electrons. The number of carbonyl (C=O) groups is 5. The number of amides is 2. The summed E-state index contributed by atoms with van der Waals surface area (Å²) in [6.45, 7) is 2.16. The van der Waals surface area contributed by atoms with Crippen LogP contribution in [0.1, 0.15) is 61.7 Å². The lowest BCUT2D eigenvalue weighted by Gasteiger charge is -2.18. The van der Waals surface area contributed by atoms with E-state index in [0.717, 1.165) is 37.6 Å². The van der Waals surface area contributed by atoms with Crippen LogP contribution >= 0.6 is 11.8 Å². The number of carboxylic acids is 1. The minimum absolute atomic E-state index is 0.0230. The molecule has 1 aromatic carbocycles. The highest BCUT2D eigenvalue weighted by Crippen LogP contribution is 2.19. The zero-order valence-corrected chi connectivity index (χ0v) is 24.6. The highest BCUT2D eigenvalue weighted by Gasteiger charge is 2.37. The van der Waals surface area contributed by atoms with E-state index in [0.29, 0.717) is 37.9 Å².